The van der Waals surface area contributed by atoms with Crippen molar-refractivity contribution in [2.45, 2.75) is 34.1 Å². The zero-order valence-electron chi connectivity index (χ0n) is 18.1. The molecule has 8 heteroatoms. The maximum Gasteiger partial charge on any atom is 0.219 e. The number of carbonyl (C=O) groups excluding carboxylic acids is 1. The van der Waals surface area contributed by atoms with E-state index in [2.05, 4.69) is 23.2 Å². The number of hydrogen-bond acceptors (Lipinski definition) is 4. The Morgan fingerprint density at radius 3 is 2.24 bits per heavy atom. The molecule has 164 valence electrons. The lowest BCUT2D eigenvalue weighted by molar-refractivity contribution is -0.130. The van der Waals surface area contributed by atoms with E-state index in [0.717, 1.165) is 56.6 Å². The number of halogens is 1. The summed E-state index contributed by atoms with van der Waals surface area (Å²) >= 11 is 0. The molecule has 0 atom stereocenters. The molecule has 1 aromatic rings. The topological polar surface area (TPSA) is 66.4 Å². The van der Waals surface area contributed by atoms with Gasteiger partial charge in [0.05, 0.1) is 13.2 Å². The summed E-state index contributed by atoms with van der Waals surface area (Å²) in [5, 5.41) is 3.37. The van der Waals surface area contributed by atoms with Crippen LogP contribution in [0.25, 0.3) is 0 Å². The highest BCUT2D eigenvalue weighted by atomic mass is 127. The van der Waals surface area contributed by atoms with Crippen LogP contribution in [0.5, 0.6) is 11.5 Å². The van der Waals surface area contributed by atoms with Crippen molar-refractivity contribution in [2.24, 2.45) is 4.99 Å². The number of guanidine groups is 1. The maximum absolute atomic E-state index is 11.5. The Bertz CT molecular complexity index is 661. The number of nitrogens with zero attached hydrogens (tertiary/aromatic N) is 3. The minimum absolute atomic E-state index is 0. The molecular formula is C21H35IN4O3. The quantitative estimate of drug-likeness (QED) is 0.326. The third-order valence-corrected chi connectivity index (χ3v) is 4.63. The highest BCUT2D eigenvalue weighted by Crippen LogP contribution is 2.28. The van der Waals surface area contributed by atoms with Crippen molar-refractivity contribution in [2.75, 3.05) is 52.5 Å². The van der Waals surface area contributed by atoms with Crippen LogP contribution in [0.2, 0.25) is 0 Å². The molecule has 2 rings (SSSR count). The summed E-state index contributed by atoms with van der Waals surface area (Å²) in [6, 6.07) is 6.09. The van der Waals surface area contributed by atoms with Gasteiger partial charge in [0.1, 0.15) is 0 Å². The van der Waals surface area contributed by atoms with Crippen LogP contribution in [-0.4, -0.2) is 74.1 Å². The third kappa shape index (κ3) is 7.91. The molecule has 1 aromatic carbocycles. The Morgan fingerprint density at radius 1 is 1.03 bits per heavy atom. The van der Waals surface area contributed by atoms with E-state index in [4.69, 9.17) is 14.5 Å². The third-order valence-electron chi connectivity index (χ3n) is 4.63. The Balaban J connectivity index is 0.00000420. The minimum Gasteiger partial charge on any atom is -0.490 e. The van der Waals surface area contributed by atoms with Crippen molar-refractivity contribution in [1.82, 2.24) is 15.1 Å². The van der Waals surface area contributed by atoms with Gasteiger partial charge in [-0.1, -0.05) is 6.07 Å². The average Bonchev–Trinajstić information content (AvgIpc) is 2.69. The maximum atomic E-state index is 11.5. The van der Waals surface area contributed by atoms with E-state index in [1.54, 1.807) is 6.92 Å². The molecule has 1 heterocycles. The predicted octanol–water partition coefficient (Wildman–Crippen LogP) is 2.77. The predicted molar refractivity (Wildman–Crippen MR) is 128 cm³/mol. The molecule has 7 nitrogen and oxygen atoms in total. The van der Waals surface area contributed by atoms with Crippen LogP contribution in [0.15, 0.2) is 23.2 Å². The van der Waals surface area contributed by atoms with E-state index in [1.165, 1.54) is 5.56 Å². The fourth-order valence-corrected chi connectivity index (χ4v) is 3.20. The fraction of sp³-hybridized carbons (Fsp3) is 0.619. The number of hydrogen-bond donors (Lipinski definition) is 1. The van der Waals surface area contributed by atoms with Gasteiger partial charge in [-0.2, -0.15) is 0 Å². The molecule has 0 bridgehead atoms. The number of piperazine rings is 1. The van der Waals surface area contributed by atoms with Crippen LogP contribution in [0.3, 0.4) is 0 Å². The van der Waals surface area contributed by atoms with Crippen LogP contribution >= 0.6 is 24.0 Å². The summed E-state index contributed by atoms with van der Waals surface area (Å²) in [6.45, 7) is 13.5. The standard InChI is InChI=1S/C21H34N4O3.HI/c1-5-22-21(25-14-12-24(13-15-25)17(4)26)23-11-10-18-8-9-19(27-6-2)20(16-18)28-7-3;/h8-9,16H,5-7,10-15H2,1-4H3,(H,22,23);1H. The molecule has 1 aliphatic rings. The fourth-order valence-electron chi connectivity index (χ4n) is 3.20. The second-order valence-electron chi connectivity index (χ2n) is 6.63. The molecule has 1 N–H and O–H groups in total. The lowest BCUT2D eigenvalue weighted by Gasteiger charge is -2.36. The first-order valence-electron chi connectivity index (χ1n) is 10.3. The number of aliphatic imine (C=N–C) groups is 1. The molecule has 0 saturated carbocycles. The first-order chi connectivity index (χ1) is 13.6. The van der Waals surface area contributed by atoms with Crippen LogP contribution in [-0.2, 0) is 11.2 Å². The van der Waals surface area contributed by atoms with Crippen molar-refractivity contribution in [3.8, 4) is 11.5 Å². The first kappa shape index (κ1) is 25.3. The number of nitrogens with one attached hydrogen (secondary N) is 1. The first-order valence-corrected chi connectivity index (χ1v) is 10.3. The molecule has 1 saturated heterocycles. The van der Waals surface area contributed by atoms with Gasteiger partial charge in [-0.3, -0.25) is 9.79 Å². The van der Waals surface area contributed by atoms with E-state index in [1.807, 2.05) is 30.9 Å². The molecule has 0 aromatic heterocycles. The Morgan fingerprint density at radius 2 is 1.66 bits per heavy atom. The molecule has 0 spiro atoms. The highest BCUT2D eigenvalue weighted by molar-refractivity contribution is 14.0. The molecule has 1 amide bonds. The number of benzene rings is 1. The number of ether oxygens (including phenoxy) is 2. The van der Waals surface area contributed by atoms with Gasteiger partial charge in [0.15, 0.2) is 17.5 Å². The number of amides is 1. The van der Waals surface area contributed by atoms with E-state index >= 15 is 0 Å². The molecular weight excluding hydrogens is 483 g/mol. The number of rotatable bonds is 8. The summed E-state index contributed by atoms with van der Waals surface area (Å²) in [5.41, 5.74) is 1.17. The van der Waals surface area contributed by atoms with Gasteiger partial charge in [-0.25, -0.2) is 0 Å². The van der Waals surface area contributed by atoms with Crippen LogP contribution in [0, 0.1) is 0 Å². The summed E-state index contributed by atoms with van der Waals surface area (Å²) < 4.78 is 11.3. The largest absolute Gasteiger partial charge is 0.490 e. The van der Waals surface area contributed by atoms with Gasteiger partial charge in [-0.15, -0.1) is 24.0 Å². The highest BCUT2D eigenvalue weighted by Gasteiger charge is 2.20. The molecule has 1 aliphatic heterocycles. The minimum atomic E-state index is 0. The Labute approximate surface area is 191 Å². The lowest BCUT2D eigenvalue weighted by Crippen LogP contribution is -2.53. The molecule has 29 heavy (non-hydrogen) atoms. The van der Waals surface area contributed by atoms with Crippen LogP contribution in [0.4, 0.5) is 0 Å². The van der Waals surface area contributed by atoms with Crippen molar-refractivity contribution < 1.29 is 14.3 Å². The smallest absolute Gasteiger partial charge is 0.219 e. The van der Waals surface area contributed by atoms with Crippen LogP contribution < -0.4 is 14.8 Å². The van der Waals surface area contributed by atoms with E-state index in [9.17, 15) is 4.79 Å². The van der Waals surface area contributed by atoms with E-state index in [0.29, 0.717) is 19.8 Å². The zero-order valence-corrected chi connectivity index (χ0v) is 20.4. The zero-order chi connectivity index (χ0) is 20.4. The summed E-state index contributed by atoms with van der Waals surface area (Å²) in [7, 11) is 0. The van der Waals surface area contributed by atoms with Crippen molar-refractivity contribution in [3.63, 3.8) is 0 Å². The monoisotopic (exact) mass is 518 g/mol. The Hall–Kier alpha value is -1.71. The normalized spacial score (nSPS) is 14.3. The second-order valence-corrected chi connectivity index (χ2v) is 6.63. The van der Waals surface area contributed by atoms with Crippen molar-refractivity contribution in [1.29, 1.82) is 0 Å². The Kier molecular flexibility index (Phi) is 11.8. The number of carbonyl (C=O) groups is 1. The molecule has 0 radical (unpaired) electrons. The summed E-state index contributed by atoms with van der Waals surface area (Å²) in [5.74, 6) is 2.63. The summed E-state index contributed by atoms with van der Waals surface area (Å²) in [4.78, 5) is 20.4. The molecule has 0 aliphatic carbocycles. The van der Waals surface area contributed by atoms with Gasteiger partial charge in [0.2, 0.25) is 5.91 Å². The van der Waals surface area contributed by atoms with E-state index in [-0.39, 0.29) is 29.9 Å². The van der Waals surface area contributed by atoms with Gasteiger partial charge in [0.25, 0.3) is 0 Å². The van der Waals surface area contributed by atoms with Crippen molar-refractivity contribution in [3.05, 3.63) is 23.8 Å². The lowest BCUT2D eigenvalue weighted by atomic mass is 10.1. The van der Waals surface area contributed by atoms with Gasteiger partial charge >= 0.3 is 0 Å². The van der Waals surface area contributed by atoms with E-state index < -0.39 is 0 Å². The average molecular weight is 518 g/mol. The summed E-state index contributed by atoms with van der Waals surface area (Å²) in [6.07, 6.45) is 0.828. The van der Waals surface area contributed by atoms with Gasteiger partial charge < -0.3 is 24.6 Å². The molecule has 1 fully saturated rings. The van der Waals surface area contributed by atoms with Gasteiger partial charge in [0, 0.05) is 46.2 Å². The molecule has 0 unspecified atom stereocenters. The van der Waals surface area contributed by atoms with Crippen molar-refractivity contribution >= 4 is 35.8 Å². The SMILES string of the molecule is CCNC(=NCCc1ccc(OCC)c(OCC)c1)N1CCN(C(C)=O)CC1.I. The van der Waals surface area contributed by atoms with Gasteiger partial charge in [-0.05, 0) is 44.9 Å². The second kappa shape index (κ2) is 13.5. The van der Waals surface area contributed by atoms with Crippen LogP contribution in [0.1, 0.15) is 33.3 Å².